The van der Waals surface area contributed by atoms with E-state index < -0.39 is 0 Å². The van der Waals surface area contributed by atoms with Gasteiger partial charge in [-0.1, -0.05) is 254 Å². The Bertz CT molecular complexity index is 6010. The number of aromatic nitrogens is 5. The Kier molecular flexibility index (Phi) is 11.3. The number of nitrogens with zero attached hydrogens (tertiary/aromatic N) is 5. The highest BCUT2D eigenvalue weighted by molar-refractivity contribution is 6.13. The van der Waals surface area contributed by atoms with Crippen molar-refractivity contribution in [2.24, 2.45) is 0 Å². The Balaban J connectivity index is 0.796. The molecule has 20 rings (SSSR count). The molecule has 0 radical (unpaired) electrons. The van der Waals surface area contributed by atoms with Crippen LogP contribution in [0.2, 0.25) is 0 Å². The molecule has 5 heteroatoms. The number of hydrogen-bond donors (Lipinski definition) is 0. The number of hydrogen-bond acceptors (Lipinski definition) is 2. The molecular formula is C91H65N5. The summed E-state index contributed by atoms with van der Waals surface area (Å²) in [5.74, 6) is 1.37. The minimum Gasteiger partial charge on any atom is -0.309 e. The first kappa shape index (κ1) is 54.9. The third kappa shape index (κ3) is 7.68. The molecule has 13 aromatic carbocycles. The van der Waals surface area contributed by atoms with Crippen molar-refractivity contribution in [2.45, 2.75) is 57.8 Å². The van der Waals surface area contributed by atoms with E-state index >= 15 is 0 Å². The van der Waals surface area contributed by atoms with Crippen LogP contribution in [0.15, 0.2) is 285 Å². The van der Waals surface area contributed by atoms with Gasteiger partial charge in [0, 0.05) is 65.9 Å². The van der Waals surface area contributed by atoms with Gasteiger partial charge in [-0.15, -0.1) is 0 Å². The first-order chi connectivity index (χ1) is 46.8. The largest absolute Gasteiger partial charge is 0.309 e. The minimum absolute atomic E-state index is 0.112. The van der Waals surface area contributed by atoms with Crippen molar-refractivity contribution < 1.29 is 0 Å². The van der Waals surface area contributed by atoms with Crippen molar-refractivity contribution in [2.75, 3.05) is 0 Å². The average molecular weight is 1230 g/mol. The van der Waals surface area contributed by atoms with Crippen LogP contribution in [0, 0.1) is 0 Å². The second-order valence-corrected chi connectivity index (χ2v) is 28.5. The van der Waals surface area contributed by atoms with E-state index in [1.165, 1.54) is 99.8 Å². The summed E-state index contributed by atoms with van der Waals surface area (Å²) >= 11 is 0. The number of benzene rings is 13. The van der Waals surface area contributed by atoms with Gasteiger partial charge in [-0.05, 0) is 167 Å². The number of para-hydroxylation sites is 3. The minimum atomic E-state index is -0.139. The van der Waals surface area contributed by atoms with Crippen molar-refractivity contribution in [3.8, 4) is 95.5 Å². The second-order valence-electron chi connectivity index (χ2n) is 28.5. The predicted molar refractivity (Wildman–Crippen MR) is 399 cm³/mol. The zero-order valence-corrected chi connectivity index (χ0v) is 54.4. The molecular weight excluding hydrogens is 1160 g/mol. The van der Waals surface area contributed by atoms with E-state index in [1.54, 1.807) is 0 Å². The molecule has 0 saturated carbocycles. The zero-order valence-electron chi connectivity index (χ0n) is 54.4. The molecule has 17 aromatic rings. The van der Waals surface area contributed by atoms with Crippen LogP contribution in [-0.4, -0.2) is 23.7 Å². The summed E-state index contributed by atoms with van der Waals surface area (Å²) in [5.41, 5.74) is 32.1. The Labute approximate surface area is 557 Å². The van der Waals surface area contributed by atoms with Gasteiger partial charge in [-0.2, -0.15) is 4.98 Å². The van der Waals surface area contributed by atoms with Crippen molar-refractivity contribution >= 4 is 65.4 Å². The first-order valence-corrected chi connectivity index (χ1v) is 33.7. The van der Waals surface area contributed by atoms with Crippen LogP contribution < -0.4 is 0 Å². The summed E-state index contributed by atoms with van der Waals surface area (Å²) < 4.78 is 7.15. The highest BCUT2D eigenvalue weighted by Gasteiger charge is 2.38. The summed E-state index contributed by atoms with van der Waals surface area (Å²) in [6.45, 7) is 14.2. The summed E-state index contributed by atoms with van der Waals surface area (Å²) in [7, 11) is 0. The fourth-order valence-electron chi connectivity index (χ4n) is 17.4. The first-order valence-electron chi connectivity index (χ1n) is 33.7. The Morgan fingerprint density at radius 2 is 0.573 bits per heavy atom. The fraction of sp³-hybridized carbons (Fsp3) is 0.0989. The van der Waals surface area contributed by atoms with Gasteiger partial charge in [0.15, 0.2) is 0 Å². The van der Waals surface area contributed by atoms with Crippen molar-refractivity contribution in [3.05, 3.63) is 318 Å². The van der Waals surface area contributed by atoms with Gasteiger partial charge in [0.1, 0.15) is 5.82 Å². The molecule has 0 aliphatic heterocycles. The van der Waals surface area contributed by atoms with E-state index in [1.807, 2.05) is 0 Å². The normalized spacial score (nSPS) is 14.4. The van der Waals surface area contributed by atoms with Gasteiger partial charge in [0.25, 0.3) is 0 Å². The van der Waals surface area contributed by atoms with Gasteiger partial charge in [-0.25, -0.2) is 4.98 Å². The molecule has 5 nitrogen and oxygen atoms in total. The highest BCUT2D eigenvalue weighted by atomic mass is 15.2. The maximum Gasteiger partial charge on any atom is 0.237 e. The Morgan fingerprint density at radius 1 is 0.229 bits per heavy atom. The molecule has 0 N–H and O–H groups in total. The van der Waals surface area contributed by atoms with Gasteiger partial charge < -0.3 is 4.57 Å². The van der Waals surface area contributed by atoms with E-state index in [4.69, 9.17) is 9.97 Å². The fourth-order valence-corrected chi connectivity index (χ4v) is 17.4. The lowest BCUT2D eigenvalue weighted by atomic mass is 9.81. The van der Waals surface area contributed by atoms with Gasteiger partial charge in [-0.3, -0.25) is 9.13 Å². The van der Waals surface area contributed by atoms with E-state index in [9.17, 15) is 0 Å². The number of fused-ring (bicyclic) bond motifs is 18. The number of rotatable bonds is 7. The van der Waals surface area contributed by atoms with Gasteiger partial charge in [0.2, 0.25) is 5.95 Å². The molecule has 4 aromatic heterocycles. The molecule has 0 unspecified atom stereocenters. The highest BCUT2D eigenvalue weighted by Crippen LogP contribution is 2.53. The maximum absolute atomic E-state index is 5.87. The van der Waals surface area contributed by atoms with E-state index in [2.05, 4.69) is 340 Å². The smallest absolute Gasteiger partial charge is 0.237 e. The average Bonchev–Trinajstić information content (AvgIpc) is 1.34. The molecule has 3 aliphatic carbocycles. The molecule has 96 heavy (non-hydrogen) atoms. The maximum atomic E-state index is 5.87. The molecule has 0 bridgehead atoms. The van der Waals surface area contributed by atoms with Crippen LogP contribution in [0.5, 0.6) is 0 Å². The van der Waals surface area contributed by atoms with Gasteiger partial charge >= 0.3 is 0 Å². The molecule has 0 spiro atoms. The molecule has 0 amide bonds. The van der Waals surface area contributed by atoms with Crippen LogP contribution in [0.4, 0.5) is 0 Å². The third-order valence-corrected chi connectivity index (χ3v) is 22.3. The molecule has 0 saturated heterocycles. The lowest BCUT2D eigenvalue weighted by molar-refractivity contribution is 0.660. The summed E-state index contributed by atoms with van der Waals surface area (Å²) in [4.78, 5) is 11.7. The predicted octanol–water partition coefficient (Wildman–Crippen LogP) is 23.4. The van der Waals surface area contributed by atoms with E-state index in [0.717, 1.165) is 88.5 Å². The van der Waals surface area contributed by atoms with Crippen molar-refractivity contribution in [3.63, 3.8) is 0 Å². The standard InChI is InChI=1S/C91H65N5/c1-89(2)74-28-13-7-22-62(74)65-40-34-54(47-77(65)89)57-37-43-71-68-25-10-16-31-81(68)94(84(71)50-57)61-21-19-20-60(46-61)80-53-87(95-82-32-17-11-26-69(82)72-44-38-58(51-85(72)95)55-35-41-66-63-23-8-14-29-75(63)90(3,4)78(66)48-55)93-88(92-80)96-83-33-18-12-27-70(83)73-45-39-59(52-86(73)96)56-36-42-67-64-24-9-15-30-76(64)91(5,6)79(67)49-56/h7-53H,1-6H3. The second kappa shape index (κ2) is 19.7. The van der Waals surface area contributed by atoms with Crippen LogP contribution in [0.25, 0.3) is 161 Å². The summed E-state index contributed by atoms with van der Waals surface area (Å²) in [5, 5.41) is 7.02. The molecule has 0 atom stereocenters. The van der Waals surface area contributed by atoms with Gasteiger partial charge in [0.05, 0.1) is 38.8 Å². The third-order valence-electron chi connectivity index (χ3n) is 22.3. The van der Waals surface area contributed by atoms with E-state index in [0.29, 0.717) is 5.95 Å². The SMILES string of the molecule is CC1(C)c2ccccc2-c2ccc(-c3ccc4c5ccccc5n(-c5cccc(-c6cc(-n7c8ccccc8c8ccc(-c9ccc%10c(c9)C(C)(C)c9ccccc9-%10)cc87)nc(-n7c8ccccc8c8ccc(-c9ccc%10c(c9)C(C)(C)c9ccccc9-%10)cc87)n6)c5)c4c3)cc21. The monoisotopic (exact) mass is 1230 g/mol. The van der Waals surface area contributed by atoms with Crippen molar-refractivity contribution in [1.29, 1.82) is 0 Å². The lowest BCUT2D eigenvalue weighted by Crippen LogP contribution is -2.14. The molecule has 454 valence electrons. The van der Waals surface area contributed by atoms with Crippen LogP contribution in [0.1, 0.15) is 74.9 Å². The Hall–Kier alpha value is -11.7. The Morgan fingerprint density at radius 3 is 1.03 bits per heavy atom. The summed E-state index contributed by atoms with van der Waals surface area (Å²) in [6.07, 6.45) is 0. The molecule has 3 aliphatic rings. The van der Waals surface area contributed by atoms with Crippen LogP contribution >= 0.6 is 0 Å². The van der Waals surface area contributed by atoms with Crippen molar-refractivity contribution in [1.82, 2.24) is 23.7 Å². The van der Waals surface area contributed by atoms with Crippen LogP contribution in [-0.2, 0) is 16.2 Å². The quantitative estimate of drug-likeness (QED) is 0.160. The zero-order chi connectivity index (χ0) is 64.1. The summed E-state index contributed by atoms with van der Waals surface area (Å²) in [6, 6.07) is 107. The molecule has 4 heterocycles. The van der Waals surface area contributed by atoms with E-state index in [-0.39, 0.29) is 16.2 Å². The lowest BCUT2D eigenvalue weighted by Gasteiger charge is -2.22. The van der Waals surface area contributed by atoms with Crippen LogP contribution in [0.3, 0.4) is 0 Å². The topological polar surface area (TPSA) is 40.6 Å². The molecule has 0 fully saturated rings.